The van der Waals surface area contributed by atoms with Gasteiger partial charge >= 0.3 is 102 Å². The van der Waals surface area contributed by atoms with E-state index in [4.69, 9.17) is 2.69 Å². The molecule has 72 valence electrons. The Morgan fingerprint density at radius 2 is 2.13 bits per heavy atom. The van der Waals surface area contributed by atoms with Crippen LogP contribution in [0.25, 0.3) is 10.9 Å². The Morgan fingerprint density at radius 3 is 2.87 bits per heavy atom. The van der Waals surface area contributed by atoms with E-state index in [2.05, 4.69) is 4.98 Å². The number of phenolic OH excluding ortho intramolecular Hbond substituents is 1. The molecule has 0 fully saturated rings. The molecule has 0 spiro atoms. The summed E-state index contributed by atoms with van der Waals surface area (Å²) in [6.45, 7) is 0. The van der Waals surface area contributed by atoms with Crippen molar-refractivity contribution >= 4 is 43.1 Å². The van der Waals surface area contributed by atoms with Gasteiger partial charge in [-0.15, -0.1) is 0 Å². The van der Waals surface area contributed by atoms with E-state index in [1.165, 1.54) is 6.07 Å². The molecule has 1 aromatic heterocycles. The molecule has 0 amide bonds. The third-order valence-corrected chi connectivity index (χ3v) is 2.85. The second-order valence-corrected chi connectivity index (χ2v) is 3.87. The maximum absolute atomic E-state index is 11.2. The zero-order valence-electron chi connectivity index (χ0n) is 7.68. The zero-order chi connectivity index (χ0) is 10.8. The number of aromatic nitrogens is 1. The molecule has 1 N–H and O–H groups in total. The van der Waals surface area contributed by atoms with Crippen LogP contribution in [0, 0.1) is 0 Å². The molecule has 1 heterocycles. The fourth-order valence-electron chi connectivity index (χ4n) is 1.31. The first kappa shape index (κ1) is 10.3. The first-order valence-corrected chi connectivity index (χ1v) is 6.05. The molecular formula is C10H6NO3Tl. The van der Waals surface area contributed by atoms with Crippen molar-refractivity contribution in [3.05, 3.63) is 36.0 Å². The van der Waals surface area contributed by atoms with Crippen molar-refractivity contribution in [2.24, 2.45) is 0 Å². The number of phenols is 1. The summed E-state index contributed by atoms with van der Waals surface area (Å²) in [5.74, 6) is -0.372. The maximum atomic E-state index is 11.2. The summed E-state index contributed by atoms with van der Waals surface area (Å²) in [4.78, 5) is 15.3. The van der Waals surface area contributed by atoms with E-state index in [9.17, 15) is 9.90 Å². The third-order valence-electron chi connectivity index (χ3n) is 2.02. The number of para-hydroxylation sites is 1. The number of rotatable bonds is 1. The minimum atomic E-state index is -0.440. The Kier molecular flexibility index (Phi) is 2.85. The molecule has 0 unspecified atom stereocenters. The summed E-state index contributed by atoms with van der Waals surface area (Å²) in [6, 6.07) is 8.41. The van der Waals surface area contributed by atoms with Gasteiger partial charge in [0.25, 0.3) is 0 Å². The van der Waals surface area contributed by atoms with E-state index in [1.54, 1.807) is 18.2 Å². The Labute approximate surface area is 102 Å². The number of fused-ring (bicyclic) bond motifs is 1. The molecule has 5 heteroatoms. The van der Waals surface area contributed by atoms with Gasteiger partial charge in [-0.1, -0.05) is 0 Å². The monoisotopic (exact) mass is 393 g/mol. The molecule has 0 atom stereocenters. The van der Waals surface area contributed by atoms with E-state index in [1.807, 2.05) is 6.07 Å². The van der Waals surface area contributed by atoms with E-state index in [0.717, 1.165) is 5.39 Å². The first-order valence-electron chi connectivity index (χ1n) is 4.22. The number of hydrogen-bond donors (Lipinski definition) is 1. The zero-order valence-corrected chi connectivity index (χ0v) is 12.2. The van der Waals surface area contributed by atoms with Crippen LogP contribution in [-0.2, 0) is 2.69 Å². The molecular weight excluding hydrogens is 386 g/mol. The fraction of sp³-hybridized carbons (Fsp3) is 0. The summed E-state index contributed by atoms with van der Waals surface area (Å²) in [6.07, 6.45) is 0. The van der Waals surface area contributed by atoms with Crippen molar-refractivity contribution in [1.82, 2.24) is 4.98 Å². The summed E-state index contributed by atoms with van der Waals surface area (Å²) in [5, 5.41) is 10.3. The van der Waals surface area contributed by atoms with Gasteiger partial charge in [0.05, 0.1) is 0 Å². The third kappa shape index (κ3) is 1.94. The summed E-state index contributed by atoms with van der Waals surface area (Å²) in [5.41, 5.74) is 0.650. The minimum absolute atomic E-state index is 0.0675. The number of aromatic hydroxyl groups is 1. The van der Waals surface area contributed by atoms with Gasteiger partial charge in [-0.05, 0) is 0 Å². The Balaban J connectivity index is 2.64. The summed E-state index contributed by atoms with van der Waals surface area (Å²) < 4.78 is 4.71. The van der Waals surface area contributed by atoms with Crippen molar-refractivity contribution in [3.63, 3.8) is 0 Å². The van der Waals surface area contributed by atoms with Gasteiger partial charge in [0.2, 0.25) is 0 Å². The number of benzene rings is 1. The standard InChI is InChI=1S/C10H7NO3.Tl/c12-8-3-1-2-6-4-5-7(10(13)14)11-9(6)8;/h1-5,12H,(H,13,14);/q;+1/p-1. The van der Waals surface area contributed by atoms with E-state index in [0.29, 0.717) is 5.52 Å². The van der Waals surface area contributed by atoms with Crippen LogP contribution in [0.4, 0.5) is 0 Å². The predicted molar refractivity (Wildman–Crippen MR) is 54.6 cm³/mol. The molecule has 0 bridgehead atoms. The van der Waals surface area contributed by atoms with Gasteiger partial charge < -0.3 is 0 Å². The van der Waals surface area contributed by atoms with E-state index in [-0.39, 0.29) is 37.7 Å². The van der Waals surface area contributed by atoms with Crippen molar-refractivity contribution in [1.29, 1.82) is 0 Å². The topological polar surface area (TPSA) is 59.4 Å². The predicted octanol–water partition coefficient (Wildman–Crippen LogP) is 1.18. The molecule has 0 saturated carbocycles. The number of carbonyl (C=O) groups is 1. The van der Waals surface area contributed by atoms with Crippen LogP contribution >= 0.6 is 0 Å². The van der Waals surface area contributed by atoms with Crippen molar-refractivity contribution in [3.8, 4) is 5.75 Å². The molecule has 0 aliphatic heterocycles. The van der Waals surface area contributed by atoms with Crippen LogP contribution in [0.15, 0.2) is 30.3 Å². The van der Waals surface area contributed by atoms with Crippen molar-refractivity contribution in [2.75, 3.05) is 0 Å². The molecule has 15 heavy (non-hydrogen) atoms. The van der Waals surface area contributed by atoms with Gasteiger partial charge in [-0.2, -0.15) is 0 Å². The number of nitrogens with zero attached hydrogens (tertiary/aromatic N) is 1. The Hall–Kier alpha value is -1.18. The molecule has 1 aromatic carbocycles. The molecule has 0 radical (unpaired) electrons. The molecule has 0 saturated heterocycles. The average Bonchev–Trinajstić information content (AvgIpc) is 2.28. The van der Waals surface area contributed by atoms with Gasteiger partial charge in [0.1, 0.15) is 0 Å². The van der Waals surface area contributed by atoms with Gasteiger partial charge in [-0.3, -0.25) is 0 Å². The molecule has 0 aliphatic rings. The van der Waals surface area contributed by atoms with E-state index >= 15 is 0 Å². The van der Waals surface area contributed by atoms with Gasteiger partial charge in [0, 0.05) is 0 Å². The van der Waals surface area contributed by atoms with Crippen molar-refractivity contribution < 1.29 is 12.6 Å². The normalized spacial score (nSPS) is 10.1. The first-order chi connectivity index (χ1) is 7.22. The average molecular weight is 393 g/mol. The van der Waals surface area contributed by atoms with Crippen molar-refractivity contribution in [2.45, 2.75) is 0 Å². The molecule has 2 aromatic rings. The number of pyridine rings is 1. The summed E-state index contributed by atoms with van der Waals surface area (Å²) >= 11 is 0.143. The van der Waals surface area contributed by atoms with Crippen LogP contribution in [0.3, 0.4) is 0 Å². The summed E-state index contributed by atoms with van der Waals surface area (Å²) in [7, 11) is 0. The molecule has 0 aliphatic carbocycles. The van der Waals surface area contributed by atoms with Crippen LogP contribution in [0.5, 0.6) is 5.75 Å². The van der Waals surface area contributed by atoms with Gasteiger partial charge in [0.15, 0.2) is 0 Å². The van der Waals surface area contributed by atoms with Crippen LogP contribution in [-0.4, -0.2) is 42.3 Å². The molecule has 4 nitrogen and oxygen atoms in total. The number of carbonyl (C=O) groups excluding carboxylic acids is 1. The Bertz CT molecular complexity index is 527. The fourth-order valence-corrected chi connectivity index (χ4v) is 1.77. The SMILES string of the molecule is O=C([O][Tl])c1ccc2cccc(O)c2n1. The number of hydrogen-bond acceptors (Lipinski definition) is 4. The quantitative estimate of drug-likeness (QED) is 0.741. The van der Waals surface area contributed by atoms with E-state index < -0.39 is 5.97 Å². The second kappa shape index (κ2) is 4.13. The second-order valence-electron chi connectivity index (χ2n) is 2.95. The molecule has 2 rings (SSSR count). The van der Waals surface area contributed by atoms with Crippen LogP contribution in [0.1, 0.15) is 10.5 Å². The van der Waals surface area contributed by atoms with Crippen LogP contribution in [0.2, 0.25) is 0 Å². The Morgan fingerprint density at radius 1 is 1.33 bits per heavy atom. The van der Waals surface area contributed by atoms with Gasteiger partial charge in [-0.25, -0.2) is 0 Å². The van der Waals surface area contributed by atoms with Crippen LogP contribution < -0.4 is 0 Å².